The molecule has 2 rings (SSSR count). The standard InChI is InChI=1S/C17H20OS/c1-3-15-6-4-5-7-17(15)19-13-12-18-16-10-8-14(2)9-11-16/h4-11H,3,12-13H2,1-2H3. The number of aryl methyl sites for hydroxylation is 2. The van der Waals surface area contributed by atoms with Gasteiger partial charge in [-0.2, -0.15) is 0 Å². The molecule has 0 saturated heterocycles. The zero-order valence-corrected chi connectivity index (χ0v) is 12.4. The van der Waals surface area contributed by atoms with E-state index in [-0.39, 0.29) is 0 Å². The predicted octanol–water partition coefficient (Wildman–Crippen LogP) is 4.73. The molecule has 0 aliphatic carbocycles. The Bertz CT molecular complexity index is 505. The zero-order valence-electron chi connectivity index (χ0n) is 11.6. The quantitative estimate of drug-likeness (QED) is 0.555. The third kappa shape index (κ3) is 4.32. The Morgan fingerprint density at radius 3 is 2.47 bits per heavy atom. The summed E-state index contributed by atoms with van der Waals surface area (Å²) >= 11 is 1.87. The monoisotopic (exact) mass is 272 g/mol. The van der Waals surface area contributed by atoms with Crippen LogP contribution in [0.4, 0.5) is 0 Å². The highest BCUT2D eigenvalue weighted by atomic mass is 32.2. The average molecular weight is 272 g/mol. The fourth-order valence-corrected chi connectivity index (χ4v) is 2.84. The topological polar surface area (TPSA) is 9.23 Å². The molecule has 0 atom stereocenters. The van der Waals surface area contributed by atoms with Gasteiger partial charge in [0.15, 0.2) is 0 Å². The van der Waals surface area contributed by atoms with E-state index in [1.807, 2.05) is 23.9 Å². The lowest BCUT2D eigenvalue weighted by molar-refractivity contribution is 0.344. The first-order valence-electron chi connectivity index (χ1n) is 6.69. The van der Waals surface area contributed by atoms with E-state index in [4.69, 9.17) is 4.74 Å². The predicted molar refractivity (Wildman–Crippen MR) is 83.2 cm³/mol. The highest BCUT2D eigenvalue weighted by Crippen LogP contribution is 2.23. The number of rotatable bonds is 6. The van der Waals surface area contributed by atoms with Crippen molar-refractivity contribution in [3.05, 3.63) is 59.7 Å². The number of hydrogen-bond donors (Lipinski definition) is 0. The summed E-state index contributed by atoms with van der Waals surface area (Å²) < 4.78 is 5.74. The third-order valence-electron chi connectivity index (χ3n) is 2.98. The fraction of sp³-hybridized carbons (Fsp3) is 0.294. The Labute approximate surface area is 120 Å². The van der Waals surface area contributed by atoms with E-state index in [9.17, 15) is 0 Å². The Balaban J connectivity index is 1.79. The molecule has 0 radical (unpaired) electrons. The van der Waals surface area contributed by atoms with Gasteiger partial charge in [0.25, 0.3) is 0 Å². The molecule has 0 bridgehead atoms. The molecule has 19 heavy (non-hydrogen) atoms. The molecule has 0 heterocycles. The summed E-state index contributed by atoms with van der Waals surface area (Å²) in [6, 6.07) is 16.8. The van der Waals surface area contributed by atoms with Gasteiger partial charge in [0.05, 0.1) is 6.61 Å². The van der Waals surface area contributed by atoms with Crippen LogP contribution >= 0.6 is 11.8 Å². The second-order valence-electron chi connectivity index (χ2n) is 4.47. The largest absolute Gasteiger partial charge is 0.493 e. The third-order valence-corrected chi connectivity index (χ3v) is 4.06. The summed E-state index contributed by atoms with van der Waals surface area (Å²) in [5.41, 5.74) is 2.68. The highest BCUT2D eigenvalue weighted by Gasteiger charge is 2.00. The zero-order chi connectivity index (χ0) is 13.5. The van der Waals surface area contributed by atoms with Gasteiger partial charge in [-0.3, -0.25) is 0 Å². The van der Waals surface area contributed by atoms with Crippen LogP contribution in [0.1, 0.15) is 18.1 Å². The van der Waals surface area contributed by atoms with Crippen molar-refractivity contribution in [2.75, 3.05) is 12.4 Å². The Morgan fingerprint density at radius 2 is 1.74 bits per heavy atom. The molecule has 0 amide bonds. The first kappa shape index (κ1) is 14.0. The molecule has 0 spiro atoms. The fourth-order valence-electron chi connectivity index (χ4n) is 1.88. The maximum Gasteiger partial charge on any atom is 0.119 e. The second-order valence-corrected chi connectivity index (χ2v) is 5.61. The molecular weight excluding hydrogens is 252 g/mol. The SMILES string of the molecule is CCc1ccccc1SCCOc1ccc(C)cc1. The summed E-state index contributed by atoms with van der Waals surface area (Å²) in [5.74, 6) is 1.93. The van der Waals surface area contributed by atoms with Gasteiger partial charge in [0.2, 0.25) is 0 Å². The normalized spacial score (nSPS) is 10.4. The maximum atomic E-state index is 5.74. The number of thioether (sulfide) groups is 1. The molecule has 0 unspecified atom stereocenters. The maximum absolute atomic E-state index is 5.74. The van der Waals surface area contributed by atoms with E-state index in [2.05, 4.69) is 50.2 Å². The summed E-state index contributed by atoms with van der Waals surface area (Å²) in [6.07, 6.45) is 1.09. The number of benzene rings is 2. The van der Waals surface area contributed by atoms with Crippen LogP contribution in [0.5, 0.6) is 5.75 Å². The van der Waals surface area contributed by atoms with Gasteiger partial charge >= 0.3 is 0 Å². The van der Waals surface area contributed by atoms with Crippen LogP contribution in [0, 0.1) is 6.92 Å². The van der Waals surface area contributed by atoms with E-state index >= 15 is 0 Å². The van der Waals surface area contributed by atoms with Crippen molar-refractivity contribution < 1.29 is 4.74 Å². The minimum absolute atomic E-state index is 0.742. The van der Waals surface area contributed by atoms with Gasteiger partial charge in [0.1, 0.15) is 5.75 Å². The van der Waals surface area contributed by atoms with Crippen LogP contribution in [0.15, 0.2) is 53.4 Å². The lowest BCUT2D eigenvalue weighted by Gasteiger charge is -2.08. The van der Waals surface area contributed by atoms with Gasteiger partial charge in [-0.15, -0.1) is 11.8 Å². The molecule has 2 heteroatoms. The lowest BCUT2D eigenvalue weighted by Crippen LogP contribution is -2.00. The summed E-state index contributed by atoms with van der Waals surface area (Å²) in [4.78, 5) is 1.37. The van der Waals surface area contributed by atoms with Crippen LogP contribution in [0.25, 0.3) is 0 Å². The van der Waals surface area contributed by atoms with Gasteiger partial charge in [-0.05, 0) is 37.1 Å². The minimum atomic E-state index is 0.742. The number of hydrogen-bond acceptors (Lipinski definition) is 2. The van der Waals surface area contributed by atoms with E-state index in [0.717, 1.165) is 24.5 Å². The summed E-state index contributed by atoms with van der Waals surface area (Å²) in [6.45, 7) is 5.02. The van der Waals surface area contributed by atoms with Crippen LogP contribution < -0.4 is 4.74 Å². The number of ether oxygens (including phenoxy) is 1. The molecule has 0 N–H and O–H groups in total. The lowest BCUT2D eigenvalue weighted by atomic mass is 10.2. The van der Waals surface area contributed by atoms with Crippen LogP contribution in [0.2, 0.25) is 0 Å². The average Bonchev–Trinajstić information content (AvgIpc) is 2.46. The van der Waals surface area contributed by atoms with Crippen molar-refractivity contribution in [2.24, 2.45) is 0 Å². The molecule has 2 aromatic rings. The first-order chi connectivity index (χ1) is 9.29. The summed E-state index contributed by atoms with van der Waals surface area (Å²) in [7, 11) is 0. The first-order valence-corrected chi connectivity index (χ1v) is 7.68. The Morgan fingerprint density at radius 1 is 1.00 bits per heavy atom. The molecule has 0 saturated carbocycles. The van der Waals surface area contributed by atoms with Crippen molar-refractivity contribution in [2.45, 2.75) is 25.2 Å². The smallest absolute Gasteiger partial charge is 0.119 e. The molecule has 100 valence electrons. The van der Waals surface area contributed by atoms with E-state index in [0.29, 0.717) is 0 Å². The molecule has 0 aliphatic rings. The van der Waals surface area contributed by atoms with Crippen molar-refractivity contribution in [3.63, 3.8) is 0 Å². The Hall–Kier alpha value is -1.41. The van der Waals surface area contributed by atoms with Crippen molar-refractivity contribution in [3.8, 4) is 5.75 Å². The van der Waals surface area contributed by atoms with E-state index in [1.54, 1.807) is 0 Å². The van der Waals surface area contributed by atoms with Crippen molar-refractivity contribution >= 4 is 11.8 Å². The van der Waals surface area contributed by atoms with E-state index in [1.165, 1.54) is 16.0 Å². The second kappa shape index (κ2) is 7.25. The van der Waals surface area contributed by atoms with Gasteiger partial charge in [-0.1, -0.05) is 42.8 Å². The molecule has 0 aromatic heterocycles. The minimum Gasteiger partial charge on any atom is -0.493 e. The Kier molecular flexibility index (Phi) is 5.34. The van der Waals surface area contributed by atoms with Crippen molar-refractivity contribution in [1.82, 2.24) is 0 Å². The van der Waals surface area contributed by atoms with Gasteiger partial charge in [-0.25, -0.2) is 0 Å². The van der Waals surface area contributed by atoms with E-state index < -0.39 is 0 Å². The molecule has 0 aliphatic heterocycles. The molecule has 0 fully saturated rings. The molecule has 1 nitrogen and oxygen atoms in total. The van der Waals surface area contributed by atoms with Crippen LogP contribution in [-0.2, 0) is 6.42 Å². The van der Waals surface area contributed by atoms with Crippen LogP contribution in [-0.4, -0.2) is 12.4 Å². The van der Waals surface area contributed by atoms with Crippen molar-refractivity contribution in [1.29, 1.82) is 0 Å². The molecule has 2 aromatic carbocycles. The summed E-state index contributed by atoms with van der Waals surface area (Å²) in [5, 5.41) is 0. The highest BCUT2D eigenvalue weighted by molar-refractivity contribution is 7.99. The van der Waals surface area contributed by atoms with Crippen LogP contribution in [0.3, 0.4) is 0 Å². The molecular formula is C17H20OS. The van der Waals surface area contributed by atoms with Gasteiger partial charge < -0.3 is 4.74 Å². The van der Waals surface area contributed by atoms with Gasteiger partial charge in [0, 0.05) is 10.6 Å².